The Labute approximate surface area is 225 Å². The number of nitrogens with zero attached hydrogens (tertiary/aromatic N) is 6. The van der Waals surface area contributed by atoms with Crippen LogP contribution in [0, 0.1) is 0 Å². The number of benzene rings is 4. The summed E-state index contributed by atoms with van der Waals surface area (Å²) in [6.45, 7) is 0. The Bertz CT molecular complexity index is 1840. The maximum Gasteiger partial charge on any atom is 0.182 e. The average molecular weight is 503 g/mol. The van der Waals surface area contributed by atoms with Gasteiger partial charge in [-0.1, -0.05) is 103 Å². The van der Waals surface area contributed by atoms with Crippen molar-refractivity contribution in [1.29, 1.82) is 0 Å². The van der Waals surface area contributed by atoms with E-state index < -0.39 is 0 Å². The minimum atomic E-state index is 0.511. The van der Waals surface area contributed by atoms with E-state index in [2.05, 4.69) is 12.1 Å². The van der Waals surface area contributed by atoms with Crippen molar-refractivity contribution in [3.05, 3.63) is 133 Å². The minimum Gasteiger partial charge on any atom is -0.243 e. The third-order valence-electron chi connectivity index (χ3n) is 6.51. The van der Waals surface area contributed by atoms with Gasteiger partial charge in [0.05, 0.1) is 16.9 Å². The van der Waals surface area contributed by atoms with Crippen LogP contribution >= 0.6 is 0 Å². The molecule has 0 fully saturated rings. The smallest absolute Gasteiger partial charge is 0.182 e. The molecule has 0 saturated heterocycles. The number of pyridine rings is 1. The second-order valence-corrected chi connectivity index (χ2v) is 9.06. The fraction of sp³-hybridized carbons (Fsp3) is 0. The third kappa shape index (κ3) is 4.34. The van der Waals surface area contributed by atoms with E-state index in [9.17, 15) is 0 Å². The number of rotatable bonds is 5. The molecule has 0 aliphatic heterocycles. The number of hydrogen-bond acceptors (Lipinski definition) is 5. The summed E-state index contributed by atoms with van der Waals surface area (Å²) in [6, 6.07) is 44.1. The van der Waals surface area contributed by atoms with Crippen LogP contribution in [0.5, 0.6) is 0 Å². The van der Waals surface area contributed by atoms with Gasteiger partial charge in [-0.25, -0.2) is 24.6 Å². The molecule has 0 N–H and O–H groups in total. The van der Waals surface area contributed by atoms with Gasteiger partial charge >= 0.3 is 0 Å². The van der Waals surface area contributed by atoms with Gasteiger partial charge in [0.15, 0.2) is 17.5 Å². The van der Waals surface area contributed by atoms with Gasteiger partial charge in [-0.15, -0.1) is 0 Å². The molecule has 7 rings (SSSR count). The van der Waals surface area contributed by atoms with Crippen LogP contribution in [0.3, 0.4) is 0 Å². The molecule has 0 radical (unpaired) electrons. The highest BCUT2D eigenvalue weighted by atomic mass is 15.3. The molecule has 0 spiro atoms. The predicted octanol–water partition coefficient (Wildman–Crippen LogP) is 7.27. The lowest BCUT2D eigenvalue weighted by Crippen LogP contribution is -2.01. The lowest BCUT2D eigenvalue weighted by atomic mass is 10.1. The van der Waals surface area contributed by atoms with Crippen LogP contribution in [0.1, 0.15) is 0 Å². The van der Waals surface area contributed by atoms with E-state index in [0.29, 0.717) is 23.2 Å². The number of para-hydroxylation sites is 2. The van der Waals surface area contributed by atoms with Crippen LogP contribution in [0.25, 0.3) is 62.3 Å². The molecule has 0 bridgehead atoms. The highest BCUT2D eigenvalue weighted by Crippen LogP contribution is 2.30. The normalized spacial score (nSPS) is 11.1. The zero-order valence-corrected chi connectivity index (χ0v) is 20.9. The fourth-order valence-electron chi connectivity index (χ4n) is 4.64. The first-order valence-electron chi connectivity index (χ1n) is 12.7. The van der Waals surface area contributed by atoms with E-state index in [4.69, 9.17) is 25.0 Å². The molecule has 39 heavy (non-hydrogen) atoms. The van der Waals surface area contributed by atoms with Gasteiger partial charge in [-0.05, 0) is 30.3 Å². The molecule has 3 heterocycles. The summed E-state index contributed by atoms with van der Waals surface area (Å²) in [5.41, 5.74) is 6.06. The molecule has 0 unspecified atom stereocenters. The monoisotopic (exact) mass is 502 g/mol. The topological polar surface area (TPSA) is 69.4 Å². The molecule has 7 aromatic rings. The molecule has 0 atom stereocenters. The van der Waals surface area contributed by atoms with E-state index in [1.54, 1.807) is 0 Å². The van der Waals surface area contributed by atoms with Gasteiger partial charge in [0.25, 0.3) is 0 Å². The summed E-state index contributed by atoms with van der Waals surface area (Å²) in [6.07, 6.45) is 0. The summed E-state index contributed by atoms with van der Waals surface area (Å²) >= 11 is 0. The van der Waals surface area contributed by atoms with E-state index >= 15 is 0 Å². The Hall–Kier alpha value is -5.49. The molecular weight excluding hydrogens is 480 g/mol. The highest BCUT2D eigenvalue weighted by molar-refractivity contribution is 5.93. The quantitative estimate of drug-likeness (QED) is 0.247. The zero-order valence-electron chi connectivity index (χ0n) is 20.9. The lowest BCUT2D eigenvalue weighted by molar-refractivity contribution is 0.912. The van der Waals surface area contributed by atoms with Gasteiger partial charge in [0, 0.05) is 16.5 Å². The Morgan fingerprint density at radius 3 is 1.62 bits per heavy atom. The zero-order chi connectivity index (χ0) is 26.0. The Kier molecular flexibility index (Phi) is 5.68. The average Bonchev–Trinajstić information content (AvgIpc) is 3.42. The lowest BCUT2D eigenvalue weighted by Gasteiger charge is -2.08. The maximum atomic E-state index is 5.01. The van der Waals surface area contributed by atoms with Gasteiger partial charge in [-0.2, -0.15) is 5.10 Å². The van der Waals surface area contributed by atoms with Crippen molar-refractivity contribution in [3.8, 4) is 51.4 Å². The van der Waals surface area contributed by atoms with E-state index in [1.807, 2.05) is 126 Å². The van der Waals surface area contributed by atoms with Crippen molar-refractivity contribution in [1.82, 2.24) is 29.7 Å². The van der Waals surface area contributed by atoms with Crippen molar-refractivity contribution in [2.45, 2.75) is 0 Å². The summed E-state index contributed by atoms with van der Waals surface area (Å²) in [4.78, 5) is 19.5. The SMILES string of the molecule is c1ccc(-c2nc(-c3ccccc3)nc(-c3cccc(-c4nn(-c5ccccc5)c5ccccc45)n3)n2)cc1. The minimum absolute atomic E-state index is 0.511. The van der Waals surface area contributed by atoms with Crippen LogP contribution < -0.4 is 0 Å². The van der Waals surface area contributed by atoms with Crippen LogP contribution in [0.2, 0.25) is 0 Å². The number of aromatic nitrogens is 6. The molecule has 3 aromatic heterocycles. The van der Waals surface area contributed by atoms with Crippen molar-refractivity contribution in [2.24, 2.45) is 0 Å². The summed E-state index contributed by atoms with van der Waals surface area (Å²) in [5, 5.41) is 6.02. The van der Waals surface area contributed by atoms with Crippen LogP contribution in [-0.2, 0) is 0 Å². The van der Waals surface area contributed by atoms with E-state index in [0.717, 1.165) is 39.1 Å². The molecular formula is C33H22N6. The first-order valence-corrected chi connectivity index (χ1v) is 12.7. The number of fused-ring (bicyclic) bond motifs is 1. The van der Waals surface area contributed by atoms with Gasteiger partial charge in [0.2, 0.25) is 0 Å². The molecule has 0 saturated carbocycles. The van der Waals surface area contributed by atoms with Crippen LogP contribution in [0.4, 0.5) is 0 Å². The molecule has 4 aromatic carbocycles. The van der Waals surface area contributed by atoms with Gasteiger partial charge in [-0.3, -0.25) is 0 Å². The van der Waals surface area contributed by atoms with Crippen molar-refractivity contribution >= 4 is 10.9 Å². The van der Waals surface area contributed by atoms with Crippen LogP contribution in [-0.4, -0.2) is 29.7 Å². The third-order valence-corrected chi connectivity index (χ3v) is 6.51. The Balaban J connectivity index is 1.39. The summed E-state index contributed by atoms with van der Waals surface area (Å²) in [7, 11) is 0. The first-order chi connectivity index (χ1) is 19.3. The predicted molar refractivity (Wildman–Crippen MR) is 154 cm³/mol. The van der Waals surface area contributed by atoms with Crippen molar-refractivity contribution in [2.75, 3.05) is 0 Å². The highest BCUT2D eigenvalue weighted by Gasteiger charge is 2.17. The standard InChI is InChI=1S/C33H22N6/c1-4-13-23(14-5-1)31-35-32(24-15-6-2-7-16-24)37-33(36-31)28-21-12-20-27(34-28)30-26-19-10-11-22-29(26)39(38-30)25-17-8-3-9-18-25/h1-22H. The molecule has 6 nitrogen and oxygen atoms in total. The molecule has 6 heteroatoms. The summed E-state index contributed by atoms with van der Waals surface area (Å²) < 4.78 is 1.96. The second-order valence-electron chi connectivity index (χ2n) is 9.06. The molecule has 0 amide bonds. The number of hydrogen-bond donors (Lipinski definition) is 0. The van der Waals surface area contributed by atoms with Crippen molar-refractivity contribution in [3.63, 3.8) is 0 Å². The Morgan fingerprint density at radius 2 is 0.949 bits per heavy atom. The largest absolute Gasteiger partial charge is 0.243 e. The molecule has 0 aliphatic rings. The van der Waals surface area contributed by atoms with Gasteiger partial charge < -0.3 is 0 Å². The van der Waals surface area contributed by atoms with Crippen LogP contribution in [0.15, 0.2) is 133 Å². The molecule has 184 valence electrons. The Morgan fingerprint density at radius 1 is 0.410 bits per heavy atom. The van der Waals surface area contributed by atoms with Crippen molar-refractivity contribution < 1.29 is 0 Å². The van der Waals surface area contributed by atoms with E-state index in [-0.39, 0.29) is 0 Å². The fourth-order valence-corrected chi connectivity index (χ4v) is 4.64. The summed E-state index contributed by atoms with van der Waals surface area (Å²) in [5.74, 6) is 1.72. The maximum absolute atomic E-state index is 5.01. The second kappa shape index (κ2) is 9.76. The molecule has 0 aliphatic carbocycles. The van der Waals surface area contributed by atoms with Gasteiger partial charge in [0.1, 0.15) is 11.4 Å². The first kappa shape index (κ1) is 22.7. The van der Waals surface area contributed by atoms with E-state index in [1.165, 1.54) is 0 Å².